The van der Waals surface area contributed by atoms with Crippen LogP contribution in [0.5, 0.6) is 0 Å². The number of hydrogen-bond donors (Lipinski definition) is 1. The summed E-state index contributed by atoms with van der Waals surface area (Å²) in [5, 5.41) is 3.77. The van der Waals surface area contributed by atoms with E-state index in [4.69, 9.17) is 4.74 Å². The van der Waals surface area contributed by atoms with E-state index in [1.54, 1.807) is 22.6 Å². The van der Waals surface area contributed by atoms with Crippen molar-refractivity contribution < 1.29 is 17.9 Å². The number of rotatable bonds is 3. The van der Waals surface area contributed by atoms with Crippen molar-refractivity contribution in [2.24, 2.45) is 5.10 Å². The lowest BCUT2D eigenvalue weighted by atomic mass is 9.99. The summed E-state index contributed by atoms with van der Waals surface area (Å²) in [5.74, 6) is -2.03. The first-order valence-electron chi connectivity index (χ1n) is 9.35. The van der Waals surface area contributed by atoms with Crippen LogP contribution in [0.4, 0.5) is 13.2 Å². The minimum absolute atomic E-state index is 0.0784. The van der Waals surface area contributed by atoms with E-state index in [1.807, 2.05) is 0 Å². The maximum absolute atomic E-state index is 14.8. The van der Waals surface area contributed by atoms with Gasteiger partial charge in [0.25, 0.3) is 0 Å². The van der Waals surface area contributed by atoms with Gasteiger partial charge in [0.2, 0.25) is 6.23 Å². The molecule has 5 rings (SSSR count). The molecule has 0 fully saturated rings. The van der Waals surface area contributed by atoms with Gasteiger partial charge in [0.1, 0.15) is 17.5 Å². The fraction of sp³-hybridized carbons (Fsp3) is 0.0435. The molecule has 31 heavy (non-hydrogen) atoms. The fourth-order valence-electron chi connectivity index (χ4n) is 3.69. The van der Waals surface area contributed by atoms with Crippen molar-refractivity contribution in [2.45, 2.75) is 6.23 Å². The van der Waals surface area contributed by atoms with Gasteiger partial charge in [0.15, 0.2) is 11.8 Å². The van der Waals surface area contributed by atoms with Gasteiger partial charge in [-0.15, -0.1) is 5.10 Å². The molecule has 0 saturated heterocycles. The van der Waals surface area contributed by atoms with E-state index in [9.17, 15) is 18.0 Å². The molecule has 1 aliphatic rings. The molecule has 2 aromatic carbocycles. The predicted octanol–water partition coefficient (Wildman–Crippen LogP) is 4.61. The Labute approximate surface area is 174 Å². The number of nitrogens with one attached hydrogen (secondary N) is 1. The summed E-state index contributed by atoms with van der Waals surface area (Å²) in [6.45, 7) is 0. The summed E-state index contributed by atoms with van der Waals surface area (Å²) < 4.78 is 49.5. The molecule has 1 N–H and O–H groups in total. The van der Waals surface area contributed by atoms with E-state index in [-0.39, 0.29) is 16.7 Å². The molecule has 3 heterocycles. The summed E-state index contributed by atoms with van der Waals surface area (Å²) in [4.78, 5) is 12.8. The van der Waals surface area contributed by atoms with Crippen LogP contribution in [0.15, 0.2) is 76.8 Å². The molecule has 1 unspecified atom stereocenters. The van der Waals surface area contributed by atoms with Crippen LogP contribution in [0.25, 0.3) is 27.9 Å². The highest BCUT2D eigenvalue weighted by Crippen LogP contribution is 2.31. The standard InChI is InChI=1S/C23H14F3N3O2/c24-14-5-6-15(18(26)11-14)19-2-1-3-20-22(21(30)8-9-29(19)20)16-10-13(4-7-17(16)25)23-28-27-12-31-23/h1-12,23,28H. The van der Waals surface area contributed by atoms with Crippen molar-refractivity contribution in [1.82, 2.24) is 9.83 Å². The number of benzene rings is 2. The van der Waals surface area contributed by atoms with E-state index >= 15 is 0 Å². The third-order valence-corrected chi connectivity index (χ3v) is 5.12. The van der Waals surface area contributed by atoms with Crippen LogP contribution in [0.2, 0.25) is 0 Å². The van der Waals surface area contributed by atoms with Gasteiger partial charge < -0.3 is 9.14 Å². The summed E-state index contributed by atoms with van der Waals surface area (Å²) in [5.41, 5.74) is 4.02. The summed E-state index contributed by atoms with van der Waals surface area (Å²) in [6, 6.07) is 13.8. The Morgan fingerprint density at radius 2 is 1.81 bits per heavy atom. The molecule has 0 aliphatic carbocycles. The molecule has 154 valence electrons. The van der Waals surface area contributed by atoms with Gasteiger partial charge >= 0.3 is 0 Å². The lowest BCUT2D eigenvalue weighted by Crippen LogP contribution is -2.13. The highest BCUT2D eigenvalue weighted by molar-refractivity contribution is 5.82. The Morgan fingerprint density at radius 1 is 0.935 bits per heavy atom. The lowest BCUT2D eigenvalue weighted by Gasteiger charge is -2.15. The third-order valence-electron chi connectivity index (χ3n) is 5.12. The number of hydrogen-bond acceptors (Lipinski definition) is 4. The van der Waals surface area contributed by atoms with E-state index < -0.39 is 29.1 Å². The molecule has 0 bridgehead atoms. The maximum Gasteiger partial charge on any atom is 0.212 e. The first kappa shape index (κ1) is 18.9. The van der Waals surface area contributed by atoms with Crippen LogP contribution in [0, 0.1) is 17.5 Å². The summed E-state index contributed by atoms with van der Waals surface area (Å²) >= 11 is 0. The van der Waals surface area contributed by atoms with Crippen molar-refractivity contribution in [3.05, 3.63) is 100 Å². The third kappa shape index (κ3) is 3.22. The minimum atomic E-state index is -0.745. The first-order valence-corrected chi connectivity index (χ1v) is 9.35. The average Bonchev–Trinajstić information content (AvgIpc) is 3.29. The molecule has 8 heteroatoms. The van der Waals surface area contributed by atoms with Gasteiger partial charge in [0, 0.05) is 35.0 Å². The number of halogens is 3. The Morgan fingerprint density at radius 3 is 2.58 bits per heavy atom. The van der Waals surface area contributed by atoms with E-state index in [0.29, 0.717) is 16.8 Å². The Balaban J connectivity index is 1.75. The molecule has 1 atom stereocenters. The number of fused-ring (bicyclic) bond motifs is 1. The highest BCUT2D eigenvalue weighted by atomic mass is 19.1. The van der Waals surface area contributed by atoms with Crippen molar-refractivity contribution in [3.8, 4) is 22.4 Å². The Bertz CT molecular complexity index is 1410. The number of aromatic nitrogens is 1. The monoisotopic (exact) mass is 421 g/mol. The number of ether oxygens (including phenoxy) is 1. The average molecular weight is 421 g/mol. The lowest BCUT2D eigenvalue weighted by molar-refractivity contribution is 0.199. The van der Waals surface area contributed by atoms with Crippen molar-refractivity contribution in [2.75, 3.05) is 0 Å². The minimum Gasteiger partial charge on any atom is -0.453 e. The zero-order valence-corrected chi connectivity index (χ0v) is 15.9. The SMILES string of the molecule is O=c1ccn2c(-c3ccc(F)cc3F)cccc2c1-c1cc(C2NN=CO2)ccc1F. The zero-order valence-electron chi connectivity index (χ0n) is 15.9. The van der Waals surface area contributed by atoms with E-state index in [2.05, 4.69) is 10.5 Å². The number of hydrazone groups is 1. The van der Waals surface area contributed by atoms with Crippen molar-refractivity contribution in [3.63, 3.8) is 0 Å². The van der Waals surface area contributed by atoms with Crippen LogP contribution in [-0.2, 0) is 4.74 Å². The maximum atomic E-state index is 14.8. The molecule has 5 nitrogen and oxygen atoms in total. The first-order chi connectivity index (χ1) is 15.0. The summed E-state index contributed by atoms with van der Waals surface area (Å²) in [6.07, 6.45) is 2.13. The smallest absolute Gasteiger partial charge is 0.212 e. The molecule has 0 saturated carbocycles. The van der Waals surface area contributed by atoms with Crippen LogP contribution >= 0.6 is 0 Å². The van der Waals surface area contributed by atoms with E-state index in [0.717, 1.165) is 12.1 Å². The van der Waals surface area contributed by atoms with Gasteiger partial charge in [-0.25, -0.2) is 13.2 Å². The van der Waals surface area contributed by atoms with Gasteiger partial charge in [-0.1, -0.05) is 12.1 Å². The van der Waals surface area contributed by atoms with E-state index in [1.165, 1.54) is 42.9 Å². The van der Waals surface area contributed by atoms with Gasteiger partial charge in [-0.05, 0) is 36.4 Å². The molecule has 1 aliphatic heterocycles. The summed E-state index contributed by atoms with van der Waals surface area (Å²) in [7, 11) is 0. The van der Waals surface area contributed by atoms with Crippen LogP contribution in [0.3, 0.4) is 0 Å². The predicted molar refractivity (Wildman–Crippen MR) is 110 cm³/mol. The van der Waals surface area contributed by atoms with Gasteiger partial charge in [-0.3, -0.25) is 10.2 Å². The molecule has 2 aromatic heterocycles. The zero-order chi connectivity index (χ0) is 21.5. The van der Waals surface area contributed by atoms with Crippen LogP contribution in [-0.4, -0.2) is 10.8 Å². The van der Waals surface area contributed by atoms with Gasteiger partial charge in [0.05, 0.1) is 16.8 Å². The second-order valence-corrected chi connectivity index (χ2v) is 6.96. The normalized spacial score (nSPS) is 15.1. The molecule has 0 radical (unpaired) electrons. The van der Waals surface area contributed by atoms with Gasteiger partial charge in [-0.2, -0.15) is 0 Å². The quantitative estimate of drug-likeness (QED) is 0.526. The molecular weight excluding hydrogens is 407 g/mol. The number of pyridine rings is 2. The molecule has 4 aromatic rings. The van der Waals surface area contributed by atoms with Crippen LogP contribution in [0.1, 0.15) is 11.8 Å². The molecule has 0 spiro atoms. The topological polar surface area (TPSA) is 55.1 Å². The second kappa shape index (κ2) is 7.32. The fourth-order valence-corrected chi connectivity index (χ4v) is 3.69. The number of nitrogens with zero attached hydrogens (tertiary/aromatic N) is 2. The Hall–Kier alpha value is -4.07. The van der Waals surface area contributed by atoms with Crippen LogP contribution < -0.4 is 10.9 Å². The van der Waals surface area contributed by atoms with Crippen molar-refractivity contribution in [1.29, 1.82) is 0 Å². The Kier molecular flexibility index (Phi) is 4.47. The second-order valence-electron chi connectivity index (χ2n) is 6.96. The highest BCUT2D eigenvalue weighted by Gasteiger charge is 2.20. The molecule has 0 amide bonds. The largest absolute Gasteiger partial charge is 0.453 e. The van der Waals surface area contributed by atoms with Crippen molar-refractivity contribution >= 4 is 11.9 Å². The molecular formula is C23H14F3N3O2.